The van der Waals surface area contributed by atoms with Gasteiger partial charge in [0, 0.05) is 17.0 Å². The quantitative estimate of drug-likeness (QED) is 0.574. The molecule has 0 aliphatic rings. The first-order valence-electron chi connectivity index (χ1n) is 6.60. The number of benzene rings is 1. The van der Waals surface area contributed by atoms with Crippen LogP contribution in [0.15, 0.2) is 42.6 Å². The molecule has 0 aliphatic carbocycles. The zero-order valence-corrected chi connectivity index (χ0v) is 12.0. The van der Waals surface area contributed by atoms with Crippen LogP contribution in [0.1, 0.15) is 5.69 Å². The number of aryl methyl sites for hydroxylation is 1. The highest BCUT2D eigenvalue weighted by atomic mass is 35.5. The first kappa shape index (κ1) is 12.3. The summed E-state index contributed by atoms with van der Waals surface area (Å²) in [5, 5.41) is 9.87. The number of hydrogen-bond acceptors (Lipinski definition) is 3. The Bertz CT molecular complexity index is 960. The van der Waals surface area contributed by atoms with Gasteiger partial charge < -0.3 is 0 Å². The van der Waals surface area contributed by atoms with E-state index in [-0.39, 0.29) is 0 Å². The second kappa shape index (κ2) is 4.53. The van der Waals surface area contributed by atoms with Gasteiger partial charge in [0.15, 0.2) is 0 Å². The normalized spacial score (nSPS) is 11.3. The summed E-state index contributed by atoms with van der Waals surface area (Å²) in [6, 6.07) is 11.6. The van der Waals surface area contributed by atoms with Crippen LogP contribution >= 0.6 is 11.6 Å². The number of H-pyrrole nitrogens is 1. The maximum atomic E-state index is 6.41. The van der Waals surface area contributed by atoms with Crippen molar-refractivity contribution < 1.29 is 0 Å². The van der Waals surface area contributed by atoms with Crippen molar-refractivity contribution in [2.24, 2.45) is 0 Å². The third kappa shape index (κ3) is 1.80. The number of nitrogens with one attached hydrogen (secondary N) is 1. The van der Waals surface area contributed by atoms with E-state index in [4.69, 9.17) is 16.6 Å². The van der Waals surface area contributed by atoms with Crippen molar-refractivity contribution in [1.82, 2.24) is 20.2 Å². The number of hydrogen-bond donors (Lipinski definition) is 1. The van der Waals surface area contributed by atoms with Gasteiger partial charge in [0.1, 0.15) is 11.0 Å². The van der Waals surface area contributed by atoms with Crippen LogP contribution in [0.3, 0.4) is 0 Å². The second-order valence-corrected chi connectivity index (χ2v) is 5.29. The molecule has 3 heterocycles. The van der Waals surface area contributed by atoms with Crippen molar-refractivity contribution in [3.8, 4) is 11.4 Å². The lowest BCUT2D eigenvalue weighted by molar-refractivity contribution is 1.07. The van der Waals surface area contributed by atoms with Crippen LogP contribution < -0.4 is 0 Å². The Morgan fingerprint density at radius 3 is 2.76 bits per heavy atom. The summed E-state index contributed by atoms with van der Waals surface area (Å²) in [6.07, 6.45) is 1.76. The van der Waals surface area contributed by atoms with Crippen LogP contribution in [-0.4, -0.2) is 20.2 Å². The van der Waals surface area contributed by atoms with E-state index >= 15 is 0 Å². The van der Waals surface area contributed by atoms with Crippen LogP contribution in [0.4, 0.5) is 0 Å². The smallest absolute Gasteiger partial charge is 0.119 e. The molecule has 0 amide bonds. The molecule has 0 spiro atoms. The topological polar surface area (TPSA) is 54.5 Å². The predicted octanol–water partition coefficient (Wildman–Crippen LogP) is 4.13. The van der Waals surface area contributed by atoms with Crippen LogP contribution in [-0.2, 0) is 0 Å². The van der Waals surface area contributed by atoms with E-state index in [0.717, 1.165) is 38.9 Å². The number of fused-ring (bicyclic) bond motifs is 3. The molecule has 0 saturated heterocycles. The molecule has 102 valence electrons. The van der Waals surface area contributed by atoms with E-state index in [1.165, 1.54) is 0 Å². The van der Waals surface area contributed by atoms with E-state index in [9.17, 15) is 0 Å². The number of rotatable bonds is 1. The van der Waals surface area contributed by atoms with Crippen LogP contribution in [0.2, 0.25) is 5.02 Å². The summed E-state index contributed by atoms with van der Waals surface area (Å²) in [5.41, 5.74) is 4.21. The highest BCUT2D eigenvalue weighted by molar-refractivity contribution is 6.37. The predicted molar refractivity (Wildman–Crippen MR) is 84.4 cm³/mol. The minimum Gasteiger partial charge on any atom is -0.280 e. The van der Waals surface area contributed by atoms with Gasteiger partial charge in [-0.2, -0.15) is 5.10 Å². The summed E-state index contributed by atoms with van der Waals surface area (Å²) in [4.78, 5) is 9.16. The van der Waals surface area contributed by atoms with Gasteiger partial charge in [-0.3, -0.25) is 10.1 Å². The summed E-state index contributed by atoms with van der Waals surface area (Å²) >= 11 is 6.41. The molecular weight excluding hydrogens is 284 g/mol. The van der Waals surface area contributed by atoms with E-state index in [1.807, 2.05) is 43.3 Å². The molecule has 0 fully saturated rings. The van der Waals surface area contributed by atoms with Crippen molar-refractivity contribution in [2.45, 2.75) is 6.92 Å². The zero-order valence-electron chi connectivity index (χ0n) is 11.3. The Hall–Kier alpha value is -2.46. The summed E-state index contributed by atoms with van der Waals surface area (Å²) in [5.74, 6) is 0. The maximum Gasteiger partial charge on any atom is 0.119 e. The molecule has 21 heavy (non-hydrogen) atoms. The zero-order chi connectivity index (χ0) is 14.4. The minimum atomic E-state index is 0.656. The Morgan fingerprint density at radius 2 is 1.95 bits per heavy atom. The van der Waals surface area contributed by atoms with Gasteiger partial charge in [0.25, 0.3) is 0 Å². The minimum absolute atomic E-state index is 0.656. The van der Waals surface area contributed by atoms with E-state index in [2.05, 4.69) is 15.2 Å². The van der Waals surface area contributed by atoms with Crippen molar-refractivity contribution in [1.29, 1.82) is 0 Å². The molecule has 1 N–H and O–H groups in total. The average molecular weight is 295 g/mol. The van der Waals surface area contributed by atoms with Gasteiger partial charge in [0.2, 0.25) is 0 Å². The largest absolute Gasteiger partial charge is 0.280 e. The van der Waals surface area contributed by atoms with Crippen molar-refractivity contribution >= 4 is 33.4 Å². The highest BCUT2D eigenvalue weighted by Gasteiger charge is 2.16. The number of halogens is 1. The lowest BCUT2D eigenvalue weighted by Gasteiger charge is -2.08. The van der Waals surface area contributed by atoms with Gasteiger partial charge in [-0.25, -0.2) is 4.98 Å². The van der Waals surface area contributed by atoms with Gasteiger partial charge in [-0.1, -0.05) is 29.8 Å². The van der Waals surface area contributed by atoms with Gasteiger partial charge >= 0.3 is 0 Å². The second-order valence-electron chi connectivity index (χ2n) is 4.88. The van der Waals surface area contributed by atoms with Gasteiger partial charge in [-0.05, 0) is 25.1 Å². The maximum absolute atomic E-state index is 6.41. The lowest BCUT2D eigenvalue weighted by Crippen LogP contribution is -1.91. The molecular formula is C16H11ClN4. The van der Waals surface area contributed by atoms with E-state index in [1.54, 1.807) is 6.20 Å². The SMILES string of the molecule is Cc1[nH]nc2c1nc(-c1ccccn1)c1c(Cl)cccc12. The molecule has 0 saturated carbocycles. The first-order valence-corrected chi connectivity index (χ1v) is 6.98. The summed E-state index contributed by atoms with van der Waals surface area (Å²) < 4.78 is 0. The first-order chi connectivity index (χ1) is 10.3. The standard InChI is InChI=1S/C16H11ClN4/c1-9-14-15(21-20-9)10-5-4-6-11(17)13(10)16(19-14)12-7-2-3-8-18-12/h2-8H,1H3,(H,20,21). The van der Waals surface area contributed by atoms with Crippen LogP contribution in [0.5, 0.6) is 0 Å². The van der Waals surface area contributed by atoms with Gasteiger partial charge in [0.05, 0.1) is 22.1 Å². The Labute approximate surface area is 125 Å². The summed E-state index contributed by atoms with van der Waals surface area (Å²) in [7, 11) is 0. The monoisotopic (exact) mass is 294 g/mol. The molecule has 0 radical (unpaired) electrons. The Kier molecular flexibility index (Phi) is 2.65. The third-order valence-electron chi connectivity index (χ3n) is 3.55. The lowest BCUT2D eigenvalue weighted by atomic mass is 10.1. The van der Waals surface area contributed by atoms with Crippen molar-refractivity contribution in [3.63, 3.8) is 0 Å². The van der Waals surface area contributed by atoms with Gasteiger partial charge in [-0.15, -0.1) is 0 Å². The fourth-order valence-corrected chi connectivity index (χ4v) is 2.83. The van der Waals surface area contributed by atoms with Crippen LogP contribution in [0.25, 0.3) is 33.2 Å². The fourth-order valence-electron chi connectivity index (χ4n) is 2.57. The average Bonchev–Trinajstić information content (AvgIpc) is 2.89. The third-order valence-corrected chi connectivity index (χ3v) is 3.87. The van der Waals surface area contributed by atoms with Crippen molar-refractivity contribution in [3.05, 3.63) is 53.3 Å². The molecule has 4 aromatic rings. The number of nitrogens with zero attached hydrogens (tertiary/aromatic N) is 3. The van der Waals surface area contributed by atoms with Crippen molar-refractivity contribution in [2.75, 3.05) is 0 Å². The molecule has 5 heteroatoms. The molecule has 1 aromatic carbocycles. The Morgan fingerprint density at radius 1 is 1.05 bits per heavy atom. The van der Waals surface area contributed by atoms with E-state index in [0.29, 0.717) is 5.02 Å². The van der Waals surface area contributed by atoms with E-state index < -0.39 is 0 Å². The molecule has 0 atom stereocenters. The number of aromatic amines is 1. The summed E-state index contributed by atoms with van der Waals surface area (Å²) in [6.45, 7) is 1.96. The molecule has 0 aliphatic heterocycles. The highest BCUT2D eigenvalue weighted by Crippen LogP contribution is 2.35. The molecule has 4 rings (SSSR count). The Balaban J connectivity index is 2.24. The molecule has 0 bridgehead atoms. The molecule has 0 unspecified atom stereocenters. The molecule has 3 aromatic heterocycles. The fraction of sp³-hybridized carbons (Fsp3) is 0.0625. The molecule has 4 nitrogen and oxygen atoms in total. The number of pyridine rings is 2. The number of aromatic nitrogens is 4. The van der Waals surface area contributed by atoms with Crippen LogP contribution in [0, 0.1) is 6.92 Å².